The second-order valence-corrected chi connectivity index (χ2v) is 5.79. The van der Waals surface area contributed by atoms with E-state index in [1.807, 2.05) is 0 Å². The highest BCUT2D eigenvalue weighted by Crippen LogP contribution is 2.20. The van der Waals surface area contributed by atoms with E-state index in [2.05, 4.69) is 10.3 Å². The minimum atomic E-state index is -0.375. The maximum absolute atomic E-state index is 12.6. The predicted molar refractivity (Wildman–Crippen MR) is 98.7 cm³/mol. The highest BCUT2D eigenvalue weighted by molar-refractivity contribution is 6.33. The lowest BCUT2D eigenvalue weighted by Gasteiger charge is -2.18. The molecule has 1 aromatic heterocycles. The number of nitrogens with zero attached hydrogens (tertiary/aromatic N) is 2. The summed E-state index contributed by atoms with van der Waals surface area (Å²) in [6.07, 6.45) is 1.53. The number of aromatic nitrogens is 1. The van der Waals surface area contributed by atoms with Crippen LogP contribution < -0.4 is 10.1 Å². The summed E-state index contributed by atoms with van der Waals surface area (Å²) in [5, 5.41) is 3.10. The zero-order valence-corrected chi connectivity index (χ0v) is 15.3. The van der Waals surface area contributed by atoms with Gasteiger partial charge in [-0.15, -0.1) is 0 Å². The Kier molecular flexibility index (Phi) is 7.37. The van der Waals surface area contributed by atoms with Crippen LogP contribution in [0.15, 0.2) is 42.6 Å². The van der Waals surface area contributed by atoms with Gasteiger partial charge in [0.1, 0.15) is 12.2 Å². The number of hydrogen-bond donors (Lipinski definition) is 1. The van der Waals surface area contributed by atoms with Crippen LogP contribution in [0.4, 0.5) is 5.69 Å². The molecule has 1 N–H and O–H groups in total. The third-order valence-corrected chi connectivity index (χ3v) is 3.73. The van der Waals surface area contributed by atoms with Crippen molar-refractivity contribution in [1.82, 2.24) is 9.88 Å². The fraction of sp³-hybridized carbons (Fsp3) is 0.278. The van der Waals surface area contributed by atoms with Gasteiger partial charge >= 0.3 is 0 Å². The van der Waals surface area contributed by atoms with Crippen molar-refractivity contribution in [3.8, 4) is 5.88 Å². The molecule has 0 aliphatic heterocycles. The van der Waals surface area contributed by atoms with E-state index in [-0.39, 0.29) is 36.4 Å². The van der Waals surface area contributed by atoms with E-state index in [4.69, 9.17) is 21.1 Å². The Bertz CT molecular complexity index is 770. The highest BCUT2D eigenvalue weighted by atomic mass is 35.5. The Hall–Kier alpha value is -2.64. The van der Waals surface area contributed by atoms with Crippen molar-refractivity contribution in [1.29, 1.82) is 0 Å². The monoisotopic (exact) mass is 377 g/mol. The number of halogens is 1. The Balaban J connectivity index is 2.01. The number of pyridine rings is 1. The number of anilines is 1. The lowest BCUT2D eigenvalue weighted by molar-refractivity contribution is -0.116. The first kappa shape index (κ1) is 19.7. The topological polar surface area (TPSA) is 80.8 Å². The molecule has 0 fully saturated rings. The van der Waals surface area contributed by atoms with Gasteiger partial charge < -0.3 is 19.7 Å². The number of methoxy groups -OCH3 is 1. The molecule has 1 heterocycles. The standard InChI is InChI=1S/C18H20ClN3O4/c1-22(12-16(23)21-15-8-4-3-7-14(15)19)18(24)13-6-5-9-20-17(13)26-11-10-25-2/h3-9H,10-12H2,1-2H3,(H,21,23). The summed E-state index contributed by atoms with van der Waals surface area (Å²) in [7, 11) is 3.08. The first-order valence-corrected chi connectivity index (χ1v) is 8.27. The minimum Gasteiger partial charge on any atom is -0.475 e. The number of nitrogens with one attached hydrogen (secondary N) is 1. The lowest BCUT2D eigenvalue weighted by atomic mass is 10.2. The van der Waals surface area contributed by atoms with Crippen molar-refractivity contribution in [2.24, 2.45) is 0 Å². The van der Waals surface area contributed by atoms with Crippen LogP contribution in [-0.2, 0) is 9.53 Å². The van der Waals surface area contributed by atoms with Crippen molar-refractivity contribution in [2.75, 3.05) is 39.2 Å². The SMILES string of the molecule is COCCOc1ncccc1C(=O)N(C)CC(=O)Nc1ccccc1Cl. The molecule has 0 radical (unpaired) electrons. The van der Waals surface area contributed by atoms with E-state index in [0.29, 0.717) is 17.3 Å². The van der Waals surface area contributed by atoms with Gasteiger partial charge in [-0.2, -0.15) is 0 Å². The molecule has 0 atom stereocenters. The second kappa shape index (κ2) is 9.74. The quantitative estimate of drug-likeness (QED) is 0.715. The number of carbonyl (C=O) groups excluding carboxylic acids is 2. The van der Waals surface area contributed by atoms with Crippen LogP contribution in [0.3, 0.4) is 0 Å². The van der Waals surface area contributed by atoms with Crippen molar-refractivity contribution in [2.45, 2.75) is 0 Å². The van der Waals surface area contributed by atoms with Crippen molar-refractivity contribution in [3.05, 3.63) is 53.2 Å². The second-order valence-electron chi connectivity index (χ2n) is 5.39. The maximum atomic E-state index is 12.6. The molecule has 2 amide bonds. The van der Waals surface area contributed by atoms with Gasteiger partial charge in [0.05, 0.1) is 23.9 Å². The number of likely N-dealkylation sites (N-methyl/N-ethyl adjacent to an activating group) is 1. The van der Waals surface area contributed by atoms with Crippen LogP contribution >= 0.6 is 11.6 Å². The van der Waals surface area contributed by atoms with Crippen LogP contribution in [0.2, 0.25) is 5.02 Å². The number of amides is 2. The third kappa shape index (κ3) is 5.44. The number of ether oxygens (including phenoxy) is 2. The van der Waals surface area contributed by atoms with E-state index < -0.39 is 0 Å². The molecule has 0 saturated heterocycles. The van der Waals surface area contributed by atoms with E-state index in [0.717, 1.165) is 0 Å². The highest BCUT2D eigenvalue weighted by Gasteiger charge is 2.20. The van der Waals surface area contributed by atoms with Crippen molar-refractivity contribution >= 4 is 29.1 Å². The molecule has 0 saturated carbocycles. The van der Waals surface area contributed by atoms with Crippen molar-refractivity contribution < 1.29 is 19.1 Å². The van der Waals surface area contributed by atoms with Gasteiger partial charge in [0.25, 0.3) is 5.91 Å². The van der Waals surface area contributed by atoms with Crippen LogP contribution in [-0.4, -0.2) is 55.6 Å². The summed E-state index contributed by atoms with van der Waals surface area (Å²) >= 11 is 6.01. The van der Waals surface area contributed by atoms with E-state index >= 15 is 0 Å². The molecule has 8 heteroatoms. The van der Waals surface area contributed by atoms with Gasteiger partial charge in [-0.25, -0.2) is 4.98 Å². The molecule has 2 aromatic rings. The fourth-order valence-corrected chi connectivity index (χ4v) is 2.32. The lowest BCUT2D eigenvalue weighted by Crippen LogP contribution is -2.35. The summed E-state index contributed by atoms with van der Waals surface area (Å²) < 4.78 is 10.4. The van der Waals surface area contributed by atoms with Gasteiger partial charge in [-0.1, -0.05) is 23.7 Å². The Morgan fingerprint density at radius 2 is 1.96 bits per heavy atom. The Morgan fingerprint density at radius 1 is 1.19 bits per heavy atom. The zero-order valence-electron chi connectivity index (χ0n) is 14.6. The van der Waals surface area contributed by atoms with Gasteiger partial charge in [0.2, 0.25) is 11.8 Å². The molecule has 0 spiro atoms. The van der Waals surface area contributed by atoms with Gasteiger partial charge in [-0.3, -0.25) is 9.59 Å². The van der Waals surface area contributed by atoms with Crippen molar-refractivity contribution in [3.63, 3.8) is 0 Å². The molecule has 138 valence electrons. The summed E-state index contributed by atoms with van der Waals surface area (Å²) in [5.74, 6) is -0.535. The summed E-state index contributed by atoms with van der Waals surface area (Å²) in [6, 6.07) is 10.1. The maximum Gasteiger partial charge on any atom is 0.259 e. The molecule has 0 unspecified atom stereocenters. The van der Waals surface area contributed by atoms with E-state index in [1.165, 1.54) is 18.1 Å². The fourth-order valence-electron chi connectivity index (χ4n) is 2.14. The van der Waals surface area contributed by atoms with Crippen LogP contribution in [0.1, 0.15) is 10.4 Å². The third-order valence-electron chi connectivity index (χ3n) is 3.40. The molecule has 2 rings (SSSR count). The van der Waals surface area contributed by atoms with Gasteiger partial charge in [0.15, 0.2) is 0 Å². The smallest absolute Gasteiger partial charge is 0.259 e. The first-order chi connectivity index (χ1) is 12.5. The predicted octanol–water partition coefficient (Wildman–Crippen LogP) is 2.47. The molecule has 0 aliphatic carbocycles. The summed E-state index contributed by atoms with van der Waals surface area (Å²) in [4.78, 5) is 30.2. The number of carbonyl (C=O) groups is 2. The normalized spacial score (nSPS) is 10.3. The van der Waals surface area contributed by atoms with Crippen LogP contribution in [0, 0.1) is 0 Å². The molecule has 1 aromatic carbocycles. The van der Waals surface area contributed by atoms with Gasteiger partial charge in [-0.05, 0) is 24.3 Å². The number of hydrogen-bond acceptors (Lipinski definition) is 5. The van der Waals surface area contributed by atoms with Gasteiger partial charge in [0, 0.05) is 20.4 Å². The molecule has 0 aliphatic rings. The molecule has 0 bridgehead atoms. The summed E-state index contributed by atoms with van der Waals surface area (Å²) in [6.45, 7) is 0.501. The molecule has 7 nitrogen and oxygen atoms in total. The molecular formula is C18H20ClN3O4. The molecule has 26 heavy (non-hydrogen) atoms. The first-order valence-electron chi connectivity index (χ1n) is 7.89. The zero-order chi connectivity index (χ0) is 18.9. The average Bonchev–Trinajstić information content (AvgIpc) is 2.63. The molecular weight excluding hydrogens is 358 g/mol. The number of benzene rings is 1. The Morgan fingerprint density at radius 3 is 2.69 bits per heavy atom. The van der Waals surface area contributed by atoms with E-state index in [1.54, 1.807) is 43.5 Å². The summed E-state index contributed by atoms with van der Waals surface area (Å²) in [5.41, 5.74) is 0.765. The van der Waals surface area contributed by atoms with Crippen LogP contribution in [0.25, 0.3) is 0 Å². The number of para-hydroxylation sites is 1. The Labute approximate surface area is 156 Å². The largest absolute Gasteiger partial charge is 0.475 e. The van der Waals surface area contributed by atoms with E-state index in [9.17, 15) is 9.59 Å². The number of rotatable bonds is 8. The van der Waals surface area contributed by atoms with Crippen LogP contribution in [0.5, 0.6) is 5.88 Å². The minimum absolute atomic E-state index is 0.142. The average molecular weight is 378 g/mol.